The molecule has 0 aliphatic heterocycles. The Labute approximate surface area is 116 Å². The molecule has 106 valence electrons. The number of benzene rings is 1. The first-order valence-electron chi connectivity index (χ1n) is 5.93. The zero-order valence-corrected chi connectivity index (χ0v) is 11.0. The van der Waals surface area contributed by atoms with Gasteiger partial charge in [0.2, 0.25) is 0 Å². The van der Waals surface area contributed by atoms with Crippen molar-refractivity contribution < 1.29 is 19.6 Å². The van der Waals surface area contributed by atoms with Crippen LogP contribution in [0.15, 0.2) is 36.4 Å². The fourth-order valence-corrected chi connectivity index (χ4v) is 1.35. The van der Waals surface area contributed by atoms with E-state index in [4.69, 9.17) is 9.84 Å². The maximum atomic E-state index is 10.9. The van der Waals surface area contributed by atoms with Crippen molar-refractivity contribution >= 4 is 17.7 Å². The third kappa shape index (κ3) is 4.56. The van der Waals surface area contributed by atoms with E-state index in [1.807, 2.05) is 6.92 Å². The van der Waals surface area contributed by atoms with Crippen LogP contribution in [0.1, 0.15) is 18.9 Å². The van der Waals surface area contributed by atoms with Crippen molar-refractivity contribution in [1.82, 2.24) is 0 Å². The Balaban J connectivity index is 3.02. The van der Waals surface area contributed by atoms with Crippen LogP contribution in [0.4, 0.5) is 5.69 Å². The summed E-state index contributed by atoms with van der Waals surface area (Å²) in [5, 5.41) is 19.5. The second-order valence-corrected chi connectivity index (χ2v) is 4.05. The van der Waals surface area contributed by atoms with Crippen LogP contribution in [0, 0.1) is 10.1 Å². The van der Waals surface area contributed by atoms with Gasteiger partial charge in [0.25, 0.3) is 0 Å². The maximum absolute atomic E-state index is 10.9. The average Bonchev–Trinajstić information content (AvgIpc) is 2.42. The molecule has 1 aromatic carbocycles. The van der Waals surface area contributed by atoms with Crippen molar-refractivity contribution in [1.29, 1.82) is 0 Å². The van der Waals surface area contributed by atoms with Crippen LogP contribution in [-0.4, -0.2) is 22.6 Å². The molecule has 0 bridgehead atoms. The zero-order chi connectivity index (χ0) is 15.1. The molecule has 0 atom stereocenters. The summed E-state index contributed by atoms with van der Waals surface area (Å²) < 4.78 is 5.38. The summed E-state index contributed by atoms with van der Waals surface area (Å²) in [5.41, 5.74) is 1.15. The van der Waals surface area contributed by atoms with Gasteiger partial charge in [-0.25, -0.2) is 4.79 Å². The lowest BCUT2D eigenvalue weighted by Crippen LogP contribution is -2.02. The number of carboxylic acid groups (broad SMARTS) is 1. The van der Waals surface area contributed by atoms with Crippen LogP contribution >= 0.6 is 0 Å². The van der Waals surface area contributed by atoms with E-state index in [9.17, 15) is 14.9 Å². The molecule has 6 heteroatoms. The molecular weight excluding hydrogens is 262 g/mol. The van der Waals surface area contributed by atoms with Crippen molar-refractivity contribution in [2.45, 2.75) is 13.3 Å². The van der Waals surface area contributed by atoms with Gasteiger partial charge < -0.3 is 9.84 Å². The van der Waals surface area contributed by atoms with Gasteiger partial charge in [0.1, 0.15) is 6.61 Å². The first-order valence-corrected chi connectivity index (χ1v) is 5.93. The topological polar surface area (TPSA) is 89.7 Å². The van der Waals surface area contributed by atoms with Crippen LogP contribution in [-0.2, 0) is 4.79 Å². The van der Waals surface area contributed by atoms with Crippen LogP contribution in [0.3, 0.4) is 0 Å². The van der Waals surface area contributed by atoms with Crippen LogP contribution in [0.5, 0.6) is 5.75 Å². The minimum atomic E-state index is -1.09. The van der Waals surface area contributed by atoms with Gasteiger partial charge in [-0.2, -0.15) is 0 Å². The molecule has 0 fully saturated rings. The van der Waals surface area contributed by atoms with Crippen molar-refractivity contribution in [2.75, 3.05) is 6.61 Å². The molecule has 0 heterocycles. The van der Waals surface area contributed by atoms with Crippen molar-refractivity contribution in [2.24, 2.45) is 0 Å². The summed E-state index contributed by atoms with van der Waals surface area (Å²) >= 11 is 0. The molecule has 0 radical (unpaired) electrons. The number of nitro benzene ring substituents is 1. The van der Waals surface area contributed by atoms with Gasteiger partial charge in [0, 0.05) is 12.1 Å². The van der Waals surface area contributed by atoms with E-state index in [0.717, 1.165) is 11.6 Å². The highest BCUT2D eigenvalue weighted by atomic mass is 16.6. The molecule has 1 N–H and O–H groups in total. The lowest BCUT2D eigenvalue weighted by molar-refractivity contribution is -0.385. The number of ether oxygens (including phenoxy) is 1. The number of hydrogen-bond donors (Lipinski definition) is 1. The first kappa shape index (κ1) is 15.4. The van der Waals surface area contributed by atoms with E-state index in [-0.39, 0.29) is 18.0 Å². The molecule has 1 rings (SSSR count). The second kappa shape index (κ2) is 7.08. The van der Waals surface area contributed by atoms with Gasteiger partial charge >= 0.3 is 11.7 Å². The SMILES string of the molecule is C=C(CC)COc1cc(C=CC(=O)O)ccc1[N+](=O)[O-]. The summed E-state index contributed by atoms with van der Waals surface area (Å²) in [4.78, 5) is 20.8. The Kier molecular flexibility index (Phi) is 5.46. The van der Waals surface area contributed by atoms with Crippen molar-refractivity contribution in [3.8, 4) is 5.75 Å². The quantitative estimate of drug-likeness (QED) is 0.358. The summed E-state index contributed by atoms with van der Waals surface area (Å²) in [5.74, 6) is -0.998. The normalized spacial score (nSPS) is 10.4. The highest BCUT2D eigenvalue weighted by Gasteiger charge is 2.15. The number of rotatable bonds is 7. The predicted molar refractivity (Wildman–Crippen MR) is 74.7 cm³/mol. The highest BCUT2D eigenvalue weighted by molar-refractivity contribution is 5.85. The molecule has 6 nitrogen and oxygen atoms in total. The Morgan fingerprint density at radius 3 is 2.80 bits per heavy atom. The Morgan fingerprint density at radius 2 is 2.25 bits per heavy atom. The summed E-state index contributed by atoms with van der Waals surface area (Å²) in [7, 11) is 0. The third-order valence-electron chi connectivity index (χ3n) is 2.53. The Morgan fingerprint density at radius 1 is 1.55 bits per heavy atom. The molecule has 0 aliphatic carbocycles. The second-order valence-electron chi connectivity index (χ2n) is 4.05. The van der Waals surface area contributed by atoms with Gasteiger partial charge in [0.05, 0.1) is 4.92 Å². The average molecular weight is 277 g/mol. The molecule has 0 saturated heterocycles. The third-order valence-corrected chi connectivity index (χ3v) is 2.53. The predicted octanol–water partition coefficient (Wildman–Crippen LogP) is 3.04. The Hall–Kier alpha value is -2.63. The monoisotopic (exact) mass is 277 g/mol. The number of nitro groups is 1. The van der Waals surface area contributed by atoms with E-state index < -0.39 is 10.9 Å². The molecule has 0 aromatic heterocycles. The molecule has 0 spiro atoms. The Bertz CT molecular complexity index is 563. The molecule has 0 unspecified atom stereocenters. The van der Waals surface area contributed by atoms with Gasteiger partial charge in [-0.1, -0.05) is 13.5 Å². The number of carbonyl (C=O) groups is 1. The largest absolute Gasteiger partial charge is 0.482 e. The lowest BCUT2D eigenvalue weighted by atomic mass is 10.1. The fourth-order valence-electron chi connectivity index (χ4n) is 1.35. The minimum absolute atomic E-state index is 0.0946. The molecule has 0 aliphatic rings. The van der Waals surface area contributed by atoms with Crippen molar-refractivity contribution in [3.63, 3.8) is 0 Å². The van der Waals surface area contributed by atoms with Crippen LogP contribution in [0.2, 0.25) is 0 Å². The fraction of sp³-hybridized carbons (Fsp3) is 0.214. The maximum Gasteiger partial charge on any atom is 0.328 e. The summed E-state index contributed by atoms with van der Waals surface area (Å²) in [6, 6.07) is 4.17. The van der Waals surface area contributed by atoms with E-state index >= 15 is 0 Å². The van der Waals surface area contributed by atoms with E-state index in [1.54, 1.807) is 0 Å². The van der Waals surface area contributed by atoms with Crippen molar-refractivity contribution in [3.05, 3.63) is 52.1 Å². The highest BCUT2D eigenvalue weighted by Crippen LogP contribution is 2.29. The molecule has 0 amide bonds. The van der Waals surface area contributed by atoms with Gasteiger partial charge in [-0.3, -0.25) is 10.1 Å². The standard InChI is InChI=1S/C14H15NO5/c1-3-10(2)9-20-13-8-11(5-7-14(16)17)4-6-12(13)15(18)19/h4-8H,2-3,9H2,1H3,(H,16,17). The number of carboxylic acids is 1. The molecule has 0 saturated carbocycles. The summed E-state index contributed by atoms with van der Waals surface area (Å²) in [6.45, 7) is 5.85. The molecule has 1 aromatic rings. The van der Waals surface area contributed by atoms with E-state index in [1.165, 1.54) is 24.3 Å². The molecule has 20 heavy (non-hydrogen) atoms. The minimum Gasteiger partial charge on any atom is -0.482 e. The number of nitrogens with zero attached hydrogens (tertiary/aromatic N) is 1. The first-order chi connectivity index (χ1) is 9.43. The van der Waals surface area contributed by atoms with Gasteiger partial charge in [-0.15, -0.1) is 0 Å². The number of aliphatic carboxylic acids is 1. The van der Waals surface area contributed by atoms with E-state index in [2.05, 4.69) is 6.58 Å². The van der Waals surface area contributed by atoms with Crippen LogP contribution < -0.4 is 4.74 Å². The van der Waals surface area contributed by atoms with Crippen LogP contribution in [0.25, 0.3) is 6.08 Å². The zero-order valence-electron chi connectivity index (χ0n) is 11.0. The van der Waals surface area contributed by atoms with Gasteiger partial charge in [0.15, 0.2) is 5.75 Å². The van der Waals surface area contributed by atoms with E-state index in [0.29, 0.717) is 12.0 Å². The number of hydrogen-bond acceptors (Lipinski definition) is 4. The lowest BCUT2D eigenvalue weighted by Gasteiger charge is -2.08. The molecular formula is C14H15NO5. The smallest absolute Gasteiger partial charge is 0.328 e. The van der Waals surface area contributed by atoms with Gasteiger partial charge in [-0.05, 0) is 35.8 Å². The summed E-state index contributed by atoms with van der Waals surface area (Å²) in [6.07, 6.45) is 3.01.